The van der Waals surface area contributed by atoms with Crippen LogP contribution in [0.15, 0.2) is 18.5 Å². The summed E-state index contributed by atoms with van der Waals surface area (Å²) < 4.78 is 6.07. The number of piperazine rings is 1. The zero-order chi connectivity index (χ0) is 14.5. The van der Waals surface area contributed by atoms with Crippen LogP contribution in [0.4, 0.5) is 5.95 Å². The van der Waals surface area contributed by atoms with Crippen molar-refractivity contribution in [1.82, 2.24) is 20.2 Å². The molecule has 2 aliphatic rings. The van der Waals surface area contributed by atoms with E-state index in [0.29, 0.717) is 12.2 Å². The molecule has 21 heavy (non-hydrogen) atoms. The Labute approximate surface area is 126 Å². The molecular weight excluding hydrogens is 266 g/mol. The van der Waals surface area contributed by atoms with E-state index in [1.807, 2.05) is 25.5 Å². The summed E-state index contributed by atoms with van der Waals surface area (Å²) in [5.41, 5.74) is 0. The third-order valence-electron chi connectivity index (χ3n) is 4.30. The monoisotopic (exact) mass is 291 g/mol. The minimum absolute atomic E-state index is 0.402. The predicted molar refractivity (Wildman–Crippen MR) is 82.5 cm³/mol. The number of nitrogens with zero attached hydrogens (tertiary/aromatic N) is 4. The van der Waals surface area contributed by atoms with Crippen molar-refractivity contribution in [3.8, 4) is 0 Å². The van der Waals surface area contributed by atoms with Crippen LogP contribution in [0.1, 0.15) is 12.8 Å². The molecule has 2 atom stereocenters. The van der Waals surface area contributed by atoms with E-state index in [1.54, 1.807) is 0 Å². The normalized spacial score (nSPS) is 27.2. The van der Waals surface area contributed by atoms with Crippen molar-refractivity contribution in [3.63, 3.8) is 0 Å². The van der Waals surface area contributed by atoms with E-state index in [9.17, 15) is 0 Å². The molecule has 6 nitrogen and oxygen atoms in total. The van der Waals surface area contributed by atoms with Gasteiger partial charge in [-0.1, -0.05) is 0 Å². The van der Waals surface area contributed by atoms with Crippen molar-refractivity contribution < 1.29 is 4.74 Å². The highest BCUT2D eigenvalue weighted by Crippen LogP contribution is 2.21. The first kappa shape index (κ1) is 14.7. The molecule has 0 aromatic carbocycles. The lowest BCUT2D eigenvalue weighted by Gasteiger charge is -2.35. The first-order valence-electron chi connectivity index (χ1n) is 7.89. The lowest BCUT2D eigenvalue weighted by Crippen LogP contribution is -2.49. The summed E-state index contributed by atoms with van der Waals surface area (Å²) in [6.45, 7) is 6.15. The van der Waals surface area contributed by atoms with Gasteiger partial charge in [0.2, 0.25) is 5.95 Å². The molecule has 1 N–H and O–H groups in total. The van der Waals surface area contributed by atoms with Gasteiger partial charge in [0.1, 0.15) is 0 Å². The lowest BCUT2D eigenvalue weighted by atomic mass is 10.2. The molecule has 3 heterocycles. The molecule has 0 saturated carbocycles. The van der Waals surface area contributed by atoms with Gasteiger partial charge in [-0.05, 0) is 26.0 Å². The second kappa shape index (κ2) is 7.15. The Morgan fingerprint density at radius 1 is 1.14 bits per heavy atom. The predicted octanol–water partition coefficient (Wildman–Crippen LogP) is 0.366. The summed E-state index contributed by atoms with van der Waals surface area (Å²) >= 11 is 0. The molecule has 2 unspecified atom stereocenters. The van der Waals surface area contributed by atoms with Gasteiger partial charge in [0, 0.05) is 51.7 Å². The molecule has 6 heteroatoms. The summed E-state index contributed by atoms with van der Waals surface area (Å²) in [7, 11) is 1.99. The maximum Gasteiger partial charge on any atom is 0.225 e. The Kier molecular flexibility index (Phi) is 5.00. The Bertz CT molecular complexity index is 421. The van der Waals surface area contributed by atoms with Gasteiger partial charge in [-0.25, -0.2) is 9.97 Å². The number of hydrogen-bond donors (Lipinski definition) is 1. The molecule has 0 bridgehead atoms. The molecule has 0 spiro atoms. The van der Waals surface area contributed by atoms with Gasteiger partial charge < -0.3 is 15.0 Å². The van der Waals surface area contributed by atoms with E-state index in [1.165, 1.54) is 12.8 Å². The molecule has 0 aliphatic carbocycles. The second-order valence-electron chi connectivity index (χ2n) is 5.85. The molecule has 3 rings (SSSR count). The number of anilines is 1. The molecule has 2 saturated heterocycles. The topological polar surface area (TPSA) is 53.5 Å². The van der Waals surface area contributed by atoms with Gasteiger partial charge in [-0.2, -0.15) is 0 Å². The molecule has 2 aliphatic heterocycles. The average molecular weight is 291 g/mol. The van der Waals surface area contributed by atoms with Crippen LogP contribution >= 0.6 is 0 Å². The number of hydrogen-bond acceptors (Lipinski definition) is 6. The standard InChI is InChI=1S/C15H25N5O/c1-16-11-13-3-4-14(21-13)12-19-7-9-20(10-8-19)15-17-5-2-6-18-15/h2,5-6,13-14,16H,3-4,7-12H2,1H3. The van der Waals surface area contributed by atoms with Gasteiger partial charge in [0.05, 0.1) is 12.2 Å². The van der Waals surface area contributed by atoms with E-state index in [0.717, 1.165) is 45.2 Å². The van der Waals surface area contributed by atoms with Crippen LogP contribution in [0, 0.1) is 0 Å². The summed E-state index contributed by atoms with van der Waals surface area (Å²) in [6.07, 6.45) is 6.80. The largest absolute Gasteiger partial charge is 0.372 e. The number of rotatable bonds is 5. The van der Waals surface area contributed by atoms with E-state index in [4.69, 9.17) is 4.74 Å². The quantitative estimate of drug-likeness (QED) is 0.846. The number of aromatic nitrogens is 2. The van der Waals surface area contributed by atoms with Crippen LogP contribution in [-0.2, 0) is 4.74 Å². The number of nitrogens with one attached hydrogen (secondary N) is 1. The molecule has 116 valence electrons. The van der Waals surface area contributed by atoms with Crippen molar-refractivity contribution >= 4 is 5.95 Å². The van der Waals surface area contributed by atoms with Crippen LogP contribution < -0.4 is 10.2 Å². The van der Waals surface area contributed by atoms with Crippen molar-refractivity contribution in [2.24, 2.45) is 0 Å². The Morgan fingerprint density at radius 3 is 2.57 bits per heavy atom. The highest BCUT2D eigenvalue weighted by molar-refractivity contribution is 5.29. The van der Waals surface area contributed by atoms with Gasteiger partial charge >= 0.3 is 0 Å². The number of likely N-dealkylation sites (N-methyl/N-ethyl adjacent to an activating group) is 1. The lowest BCUT2D eigenvalue weighted by molar-refractivity contribution is 0.0231. The number of ether oxygens (including phenoxy) is 1. The molecular formula is C15H25N5O. The first-order chi connectivity index (χ1) is 10.3. The van der Waals surface area contributed by atoms with E-state index in [2.05, 4.69) is 25.1 Å². The SMILES string of the molecule is CNCC1CCC(CN2CCN(c3ncccn3)CC2)O1. The summed E-state index contributed by atoms with van der Waals surface area (Å²) in [6, 6.07) is 1.86. The van der Waals surface area contributed by atoms with Crippen molar-refractivity contribution in [3.05, 3.63) is 18.5 Å². The Morgan fingerprint density at radius 2 is 1.86 bits per heavy atom. The smallest absolute Gasteiger partial charge is 0.225 e. The van der Waals surface area contributed by atoms with Gasteiger partial charge in [0.25, 0.3) is 0 Å². The van der Waals surface area contributed by atoms with Crippen LogP contribution in [0.2, 0.25) is 0 Å². The molecule has 0 amide bonds. The highest BCUT2D eigenvalue weighted by Gasteiger charge is 2.28. The van der Waals surface area contributed by atoms with Crippen LogP contribution in [0.3, 0.4) is 0 Å². The summed E-state index contributed by atoms with van der Waals surface area (Å²) in [5, 5.41) is 3.20. The van der Waals surface area contributed by atoms with Gasteiger partial charge in [0.15, 0.2) is 0 Å². The maximum atomic E-state index is 6.07. The Hall–Kier alpha value is -1.24. The van der Waals surface area contributed by atoms with Gasteiger partial charge in [-0.3, -0.25) is 4.90 Å². The minimum Gasteiger partial charge on any atom is -0.372 e. The molecule has 1 aromatic heterocycles. The van der Waals surface area contributed by atoms with E-state index >= 15 is 0 Å². The molecule has 0 radical (unpaired) electrons. The fourth-order valence-corrected chi connectivity index (χ4v) is 3.17. The van der Waals surface area contributed by atoms with Crippen molar-refractivity contribution in [2.75, 3.05) is 51.2 Å². The third kappa shape index (κ3) is 3.90. The van der Waals surface area contributed by atoms with Crippen LogP contribution in [0.5, 0.6) is 0 Å². The van der Waals surface area contributed by atoms with E-state index < -0.39 is 0 Å². The minimum atomic E-state index is 0.402. The average Bonchev–Trinajstić information content (AvgIpc) is 2.97. The zero-order valence-corrected chi connectivity index (χ0v) is 12.7. The fraction of sp³-hybridized carbons (Fsp3) is 0.733. The summed E-state index contributed by atoms with van der Waals surface area (Å²) in [5.74, 6) is 0.850. The third-order valence-corrected chi connectivity index (χ3v) is 4.30. The molecule has 2 fully saturated rings. The second-order valence-corrected chi connectivity index (χ2v) is 5.85. The fourth-order valence-electron chi connectivity index (χ4n) is 3.17. The highest BCUT2D eigenvalue weighted by atomic mass is 16.5. The van der Waals surface area contributed by atoms with E-state index in [-0.39, 0.29) is 0 Å². The summed E-state index contributed by atoms with van der Waals surface area (Å²) in [4.78, 5) is 13.4. The maximum absolute atomic E-state index is 6.07. The Balaban J connectivity index is 1.42. The zero-order valence-electron chi connectivity index (χ0n) is 12.7. The van der Waals surface area contributed by atoms with Gasteiger partial charge in [-0.15, -0.1) is 0 Å². The first-order valence-corrected chi connectivity index (χ1v) is 7.89. The van der Waals surface area contributed by atoms with Crippen LogP contribution in [-0.4, -0.2) is 73.4 Å². The van der Waals surface area contributed by atoms with Crippen molar-refractivity contribution in [1.29, 1.82) is 0 Å². The molecule has 1 aromatic rings. The van der Waals surface area contributed by atoms with Crippen LogP contribution in [0.25, 0.3) is 0 Å². The van der Waals surface area contributed by atoms with Crippen molar-refractivity contribution in [2.45, 2.75) is 25.0 Å².